The van der Waals surface area contributed by atoms with Crippen molar-refractivity contribution in [1.82, 2.24) is 4.31 Å². The second-order valence-corrected chi connectivity index (χ2v) is 9.08. The number of hydrogen-bond acceptors (Lipinski definition) is 4. The van der Waals surface area contributed by atoms with Crippen molar-refractivity contribution in [3.8, 4) is 6.07 Å². The number of aliphatic hydroxyl groups is 1. The maximum Gasteiger partial charge on any atom is 0.243 e. The van der Waals surface area contributed by atoms with Gasteiger partial charge >= 0.3 is 0 Å². The Morgan fingerprint density at radius 3 is 2.37 bits per heavy atom. The van der Waals surface area contributed by atoms with E-state index >= 15 is 0 Å². The molecular formula is C20H21ClN2O3S. The molecule has 7 heteroatoms. The number of hydrogen-bond donors (Lipinski definition) is 1. The number of sulfonamides is 1. The molecule has 0 heterocycles. The number of halogens is 1. The molecule has 1 saturated carbocycles. The molecule has 2 aromatic carbocycles. The van der Waals surface area contributed by atoms with Crippen molar-refractivity contribution in [3.05, 3.63) is 64.7 Å². The second kappa shape index (κ2) is 8.41. The Bertz CT molecular complexity index is 921. The Balaban J connectivity index is 1.98. The highest BCUT2D eigenvalue weighted by atomic mass is 35.5. The average Bonchev–Trinajstić information content (AvgIpc) is 3.15. The van der Waals surface area contributed by atoms with E-state index in [0.717, 1.165) is 18.4 Å². The molecule has 1 aliphatic carbocycles. The summed E-state index contributed by atoms with van der Waals surface area (Å²) in [6, 6.07) is 14.8. The molecule has 5 nitrogen and oxygen atoms in total. The van der Waals surface area contributed by atoms with Crippen LogP contribution in [0.15, 0.2) is 53.4 Å². The van der Waals surface area contributed by atoms with Crippen molar-refractivity contribution < 1.29 is 13.5 Å². The molecule has 142 valence electrons. The molecule has 1 aliphatic rings. The van der Waals surface area contributed by atoms with Crippen LogP contribution in [0, 0.1) is 17.2 Å². The van der Waals surface area contributed by atoms with E-state index in [1.807, 2.05) is 0 Å². The lowest BCUT2D eigenvalue weighted by Gasteiger charge is -2.31. The Hall–Kier alpha value is -1.91. The monoisotopic (exact) mass is 404 g/mol. The molecule has 0 aliphatic heterocycles. The number of aliphatic hydroxyl groups excluding tert-OH is 1. The maximum atomic E-state index is 13.4. The van der Waals surface area contributed by atoms with Crippen LogP contribution in [0.2, 0.25) is 5.02 Å². The summed E-state index contributed by atoms with van der Waals surface area (Å²) < 4.78 is 28.2. The van der Waals surface area contributed by atoms with E-state index in [-0.39, 0.29) is 30.0 Å². The minimum absolute atomic E-state index is 0.0370. The highest BCUT2D eigenvalue weighted by Gasteiger charge is 2.38. The molecule has 0 amide bonds. The molecule has 2 atom stereocenters. The number of nitrogens with zero attached hydrogens (tertiary/aromatic N) is 2. The third-order valence-electron chi connectivity index (χ3n) is 5.07. The molecule has 2 aromatic rings. The average molecular weight is 405 g/mol. The quantitative estimate of drug-likeness (QED) is 0.798. The van der Waals surface area contributed by atoms with E-state index in [4.69, 9.17) is 16.9 Å². The van der Waals surface area contributed by atoms with Crippen molar-refractivity contribution in [2.45, 2.75) is 36.7 Å². The van der Waals surface area contributed by atoms with Crippen LogP contribution >= 0.6 is 11.6 Å². The van der Waals surface area contributed by atoms with Crippen molar-refractivity contribution in [2.24, 2.45) is 5.92 Å². The highest BCUT2D eigenvalue weighted by molar-refractivity contribution is 7.89. The number of benzene rings is 2. The minimum atomic E-state index is -3.76. The first-order valence-corrected chi connectivity index (χ1v) is 10.6. The first kappa shape index (κ1) is 19.8. The fourth-order valence-electron chi connectivity index (χ4n) is 3.60. The standard InChI is InChI=1S/C20H21ClN2O3S/c21-18-8-10-19(11-9-18)27(25,26)23(20-3-1-2-17(20)14-24)13-16-6-4-15(12-22)5-7-16/h4-11,17,20,24H,1-3,13-14H2/t17-,20+/m0/s1. The van der Waals surface area contributed by atoms with E-state index < -0.39 is 10.0 Å². The number of nitriles is 1. The van der Waals surface area contributed by atoms with Crippen molar-refractivity contribution in [2.75, 3.05) is 6.61 Å². The molecule has 1 N–H and O–H groups in total. The van der Waals surface area contributed by atoms with Crippen LogP contribution in [0.5, 0.6) is 0 Å². The van der Waals surface area contributed by atoms with E-state index in [9.17, 15) is 13.5 Å². The van der Waals surface area contributed by atoms with Gasteiger partial charge in [-0.05, 0) is 60.7 Å². The predicted molar refractivity (Wildman–Crippen MR) is 104 cm³/mol. The Morgan fingerprint density at radius 1 is 1.11 bits per heavy atom. The summed E-state index contributed by atoms with van der Waals surface area (Å²) >= 11 is 5.90. The van der Waals surface area contributed by atoms with Crippen LogP contribution in [0.3, 0.4) is 0 Å². The van der Waals surface area contributed by atoms with Gasteiger partial charge in [-0.3, -0.25) is 0 Å². The molecule has 0 bridgehead atoms. The van der Waals surface area contributed by atoms with Crippen molar-refractivity contribution in [3.63, 3.8) is 0 Å². The first-order chi connectivity index (χ1) is 13.0. The van der Waals surface area contributed by atoms with Crippen LogP contribution in [-0.4, -0.2) is 30.5 Å². The molecule has 0 aromatic heterocycles. The summed E-state index contributed by atoms with van der Waals surface area (Å²) in [5, 5.41) is 19.1. The van der Waals surface area contributed by atoms with Gasteiger partial charge in [-0.25, -0.2) is 8.42 Å². The summed E-state index contributed by atoms with van der Waals surface area (Å²) in [6.07, 6.45) is 2.41. The van der Waals surface area contributed by atoms with Gasteiger partial charge < -0.3 is 5.11 Å². The highest BCUT2D eigenvalue weighted by Crippen LogP contribution is 2.34. The van der Waals surface area contributed by atoms with Crippen LogP contribution in [0.25, 0.3) is 0 Å². The lowest BCUT2D eigenvalue weighted by molar-refractivity contribution is 0.166. The van der Waals surface area contributed by atoms with Crippen molar-refractivity contribution in [1.29, 1.82) is 5.26 Å². The maximum absolute atomic E-state index is 13.4. The molecule has 27 heavy (non-hydrogen) atoms. The summed E-state index contributed by atoms with van der Waals surface area (Å²) in [7, 11) is -3.76. The van der Waals surface area contributed by atoms with Gasteiger partial charge in [0.05, 0.1) is 16.5 Å². The molecule has 1 fully saturated rings. The summed E-state index contributed by atoms with van der Waals surface area (Å²) in [5.41, 5.74) is 1.33. The Morgan fingerprint density at radius 2 is 1.78 bits per heavy atom. The predicted octanol–water partition coefficient (Wildman–Crippen LogP) is 3.56. The van der Waals surface area contributed by atoms with Crippen LogP contribution in [0.4, 0.5) is 0 Å². The number of rotatable bonds is 6. The van der Waals surface area contributed by atoms with E-state index in [1.165, 1.54) is 16.4 Å². The smallest absolute Gasteiger partial charge is 0.243 e. The summed E-state index contributed by atoms with van der Waals surface area (Å²) in [5.74, 6) is -0.0783. The van der Waals surface area contributed by atoms with Crippen LogP contribution in [-0.2, 0) is 16.6 Å². The normalized spacial score (nSPS) is 19.9. The van der Waals surface area contributed by atoms with E-state index in [2.05, 4.69) is 6.07 Å². The van der Waals surface area contributed by atoms with Gasteiger partial charge in [0.1, 0.15) is 0 Å². The van der Waals surface area contributed by atoms with Crippen LogP contribution in [0.1, 0.15) is 30.4 Å². The van der Waals surface area contributed by atoms with Crippen LogP contribution < -0.4 is 0 Å². The van der Waals surface area contributed by atoms with Gasteiger partial charge in [-0.2, -0.15) is 9.57 Å². The van der Waals surface area contributed by atoms with Gasteiger partial charge in [0.25, 0.3) is 0 Å². The van der Waals surface area contributed by atoms with Crippen molar-refractivity contribution >= 4 is 21.6 Å². The van der Waals surface area contributed by atoms with Gasteiger partial charge in [-0.1, -0.05) is 30.2 Å². The minimum Gasteiger partial charge on any atom is -0.396 e. The molecule has 0 saturated heterocycles. The molecule has 3 rings (SSSR count). The fraction of sp³-hybridized carbons (Fsp3) is 0.350. The Kier molecular flexibility index (Phi) is 6.18. The topological polar surface area (TPSA) is 81.4 Å². The van der Waals surface area contributed by atoms with E-state index in [0.29, 0.717) is 17.0 Å². The molecule has 0 unspecified atom stereocenters. The van der Waals surface area contributed by atoms with Gasteiger partial charge in [0.2, 0.25) is 10.0 Å². The lowest BCUT2D eigenvalue weighted by Crippen LogP contribution is -2.42. The summed E-state index contributed by atoms with van der Waals surface area (Å²) in [6.45, 7) is 0.155. The lowest BCUT2D eigenvalue weighted by atomic mass is 10.0. The third-order valence-corrected chi connectivity index (χ3v) is 7.20. The fourth-order valence-corrected chi connectivity index (χ4v) is 5.43. The third kappa shape index (κ3) is 4.33. The van der Waals surface area contributed by atoms with E-state index in [1.54, 1.807) is 36.4 Å². The largest absolute Gasteiger partial charge is 0.396 e. The zero-order valence-corrected chi connectivity index (χ0v) is 16.3. The Labute approximate surface area is 164 Å². The second-order valence-electron chi connectivity index (χ2n) is 6.75. The first-order valence-electron chi connectivity index (χ1n) is 8.83. The zero-order chi connectivity index (χ0) is 19.4. The van der Waals surface area contributed by atoms with Gasteiger partial charge in [0.15, 0.2) is 0 Å². The van der Waals surface area contributed by atoms with Gasteiger partial charge in [0, 0.05) is 24.2 Å². The van der Waals surface area contributed by atoms with Gasteiger partial charge in [-0.15, -0.1) is 0 Å². The molecule has 0 radical (unpaired) electrons. The zero-order valence-electron chi connectivity index (χ0n) is 14.8. The summed E-state index contributed by atoms with van der Waals surface area (Å²) in [4.78, 5) is 0.184. The molecule has 0 spiro atoms. The SMILES string of the molecule is N#Cc1ccc(CN([C@@H]2CCC[C@H]2CO)S(=O)(=O)c2ccc(Cl)cc2)cc1. The molecular weight excluding hydrogens is 384 g/mol.